The number of nitrogens with one attached hydrogen (secondary N) is 3. The van der Waals surface area contributed by atoms with Crippen molar-refractivity contribution >= 4 is 23.1 Å². The molecule has 108 valence electrons. The van der Waals surface area contributed by atoms with E-state index in [2.05, 4.69) is 20.9 Å². The molecule has 0 aliphatic rings. The van der Waals surface area contributed by atoms with Gasteiger partial charge in [-0.2, -0.15) is 5.10 Å². The highest BCUT2D eigenvalue weighted by Gasteiger charge is 2.17. The van der Waals surface area contributed by atoms with Crippen molar-refractivity contribution in [3.05, 3.63) is 56.4 Å². The quantitative estimate of drug-likeness (QED) is 0.356. The van der Waals surface area contributed by atoms with Crippen molar-refractivity contribution in [3.63, 3.8) is 0 Å². The van der Waals surface area contributed by atoms with Gasteiger partial charge in [0, 0.05) is 18.2 Å². The van der Waals surface area contributed by atoms with Gasteiger partial charge in [-0.3, -0.25) is 25.5 Å². The number of aromatic nitrogens is 2. The van der Waals surface area contributed by atoms with Gasteiger partial charge in [-0.1, -0.05) is 0 Å². The molecule has 0 spiro atoms. The lowest BCUT2D eigenvalue weighted by atomic mass is 10.1. The number of nitro benzene ring substituents is 1. The molecule has 1 aromatic carbocycles. The van der Waals surface area contributed by atoms with E-state index in [9.17, 15) is 19.7 Å². The summed E-state index contributed by atoms with van der Waals surface area (Å²) < 4.78 is 0. The number of nitrogens with zero attached hydrogens (tertiary/aromatic N) is 2. The van der Waals surface area contributed by atoms with Gasteiger partial charge in [0.15, 0.2) is 5.82 Å². The molecule has 1 heterocycles. The second-order valence-electron chi connectivity index (χ2n) is 3.89. The number of carbonyl (C=O) groups excluding carboxylic acids is 1. The molecule has 21 heavy (non-hydrogen) atoms. The molecule has 10 heteroatoms. The van der Waals surface area contributed by atoms with Gasteiger partial charge in [-0.25, -0.2) is 5.10 Å². The number of hydrogen-bond acceptors (Lipinski definition) is 7. The van der Waals surface area contributed by atoms with E-state index in [4.69, 9.17) is 5.84 Å². The summed E-state index contributed by atoms with van der Waals surface area (Å²) in [6.07, 6.45) is 0. The minimum Gasteiger partial charge on any atom is -0.323 e. The topological polar surface area (TPSA) is 156 Å². The van der Waals surface area contributed by atoms with Crippen LogP contribution in [0.5, 0.6) is 0 Å². The number of aromatic amines is 1. The Labute approximate surface area is 117 Å². The number of H-pyrrole nitrogens is 1. The predicted octanol–water partition coefficient (Wildman–Crippen LogP) is 0.216. The van der Waals surface area contributed by atoms with Crippen molar-refractivity contribution in [1.82, 2.24) is 10.2 Å². The molecule has 5 N–H and O–H groups in total. The lowest BCUT2D eigenvalue weighted by Gasteiger charge is -2.08. The summed E-state index contributed by atoms with van der Waals surface area (Å²) in [5.41, 5.74) is 1.78. The van der Waals surface area contributed by atoms with E-state index in [1.54, 1.807) is 0 Å². The zero-order chi connectivity index (χ0) is 15.4. The number of non-ortho nitro benzene ring substituents is 1. The van der Waals surface area contributed by atoms with Crippen molar-refractivity contribution in [3.8, 4) is 0 Å². The molecule has 2 aromatic rings. The van der Waals surface area contributed by atoms with E-state index in [0.29, 0.717) is 0 Å². The van der Waals surface area contributed by atoms with E-state index < -0.39 is 16.4 Å². The number of hydrogen-bond donors (Lipinski definition) is 4. The highest BCUT2D eigenvalue weighted by molar-refractivity contribution is 6.08. The lowest BCUT2D eigenvalue weighted by molar-refractivity contribution is -0.384. The molecular formula is C11H10N6O4. The average Bonchev–Trinajstić information content (AvgIpc) is 2.48. The van der Waals surface area contributed by atoms with E-state index in [0.717, 1.165) is 6.07 Å². The van der Waals surface area contributed by atoms with Gasteiger partial charge < -0.3 is 10.7 Å². The third-order valence-corrected chi connectivity index (χ3v) is 2.53. The monoisotopic (exact) mass is 290 g/mol. The van der Waals surface area contributed by atoms with Gasteiger partial charge >= 0.3 is 0 Å². The van der Waals surface area contributed by atoms with E-state index in [1.165, 1.54) is 24.3 Å². The minimum atomic E-state index is -0.661. The molecule has 1 amide bonds. The molecule has 0 saturated heterocycles. The largest absolute Gasteiger partial charge is 0.323 e. The van der Waals surface area contributed by atoms with Gasteiger partial charge in [0.05, 0.1) is 16.2 Å². The fourth-order valence-corrected chi connectivity index (χ4v) is 1.56. The Kier molecular flexibility index (Phi) is 3.90. The van der Waals surface area contributed by atoms with Crippen molar-refractivity contribution in [1.29, 1.82) is 0 Å². The molecule has 0 saturated carbocycles. The molecular weight excluding hydrogens is 280 g/mol. The maximum atomic E-state index is 12.1. The molecule has 0 aliphatic heterocycles. The van der Waals surface area contributed by atoms with Crippen molar-refractivity contribution < 1.29 is 9.72 Å². The Hall–Kier alpha value is -3.27. The summed E-state index contributed by atoms with van der Waals surface area (Å²) in [5, 5.41) is 18.9. The number of rotatable bonds is 4. The predicted molar refractivity (Wildman–Crippen MR) is 73.7 cm³/mol. The van der Waals surface area contributed by atoms with Crippen LogP contribution < -0.4 is 22.1 Å². The number of carbonyl (C=O) groups is 1. The van der Waals surface area contributed by atoms with Crippen LogP contribution in [-0.2, 0) is 0 Å². The van der Waals surface area contributed by atoms with Crippen LogP contribution in [0.1, 0.15) is 10.4 Å². The van der Waals surface area contributed by atoms with E-state index in [-0.39, 0.29) is 22.8 Å². The van der Waals surface area contributed by atoms with Crippen LogP contribution in [0, 0.1) is 10.1 Å². The number of benzene rings is 1. The van der Waals surface area contributed by atoms with Gasteiger partial charge in [0.2, 0.25) is 0 Å². The molecule has 0 bridgehead atoms. The van der Waals surface area contributed by atoms with Crippen molar-refractivity contribution in [2.24, 2.45) is 5.84 Å². The maximum absolute atomic E-state index is 12.1. The fourth-order valence-electron chi connectivity index (χ4n) is 1.56. The van der Waals surface area contributed by atoms with Crippen LogP contribution in [0.4, 0.5) is 17.2 Å². The molecule has 0 aliphatic carbocycles. The van der Waals surface area contributed by atoms with Crippen molar-refractivity contribution in [2.45, 2.75) is 0 Å². The molecule has 1 aromatic heterocycles. The highest BCUT2D eigenvalue weighted by atomic mass is 16.6. The number of anilines is 2. The first-order valence-electron chi connectivity index (χ1n) is 5.63. The van der Waals surface area contributed by atoms with Crippen LogP contribution in [0.15, 0.2) is 35.1 Å². The normalized spacial score (nSPS) is 9.95. The molecule has 0 unspecified atom stereocenters. The molecule has 10 nitrogen and oxygen atoms in total. The van der Waals surface area contributed by atoms with E-state index in [1.807, 2.05) is 0 Å². The zero-order valence-corrected chi connectivity index (χ0v) is 10.5. The fraction of sp³-hybridized carbons (Fsp3) is 0. The Morgan fingerprint density at radius 3 is 2.67 bits per heavy atom. The summed E-state index contributed by atoms with van der Waals surface area (Å²) in [5.74, 6) is 4.70. The third-order valence-electron chi connectivity index (χ3n) is 2.53. The first-order valence-corrected chi connectivity index (χ1v) is 5.63. The Bertz CT molecular complexity index is 736. The number of amides is 1. The number of nitrogen functional groups attached to an aromatic ring is 1. The van der Waals surface area contributed by atoms with Crippen LogP contribution in [0.3, 0.4) is 0 Å². The average molecular weight is 290 g/mol. The summed E-state index contributed by atoms with van der Waals surface area (Å²) in [6.45, 7) is 0. The lowest BCUT2D eigenvalue weighted by Crippen LogP contribution is -2.19. The van der Waals surface area contributed by atoms with Crippen LogP contribution in [0.25, 0.3) is 0 Å². The summed E-state index contributed by atoms with van der Waals surface area (Å²) in [6, 6.07) is 6.08. The Morgan fingerprint density at radius 1 is 1.33 bits per heavy atom. The molecule has 2 rings (SSSR count). The maximum Gasteiger partial charge on any atom is 0.270 e. The van der Waals surface area contributed by atoms with Crippen LogP contribution in [-0.4, -0.2) is 21.0 Å². The second-order valence-corrected chi connectivity index (χ2v) is 3.89. The second kappa shape index (κ2) is 5.79. The standard InChI is InChI=1S/C11H10N6O4/c12-14-8-2-1-6(17(20)21)5-7(8)11(19)13-9-3-4-10(18)16-15-9/h1-5,14H,12H2,(H,16,18)(H,13,15,19). The summed E-state index contributed by atoms with van der Waals surface area (Å²) in [7, 11) is 0. The number of nitrogens with two attached hydrogens (primary N) is 1. The first-order chi connectivity index (χ1) is 10.0. The van der Waals surface area contributed by atoms with Gasteiger partial charge in [0.25, 0.3) is 17.2 Å². The first kappa shape index (κ1) is 14.1. The zero-order valence-electron chi connectivity index (χ0n) is 10.5. The van der Waals surface area contributed by atoms with Gasteiger partial charge in [-0.15, -0.1) is 0 Å². The van der Waals surface area contributed by atoms with Crippen LogP contribution in [0.2, 0.25) is 0 Å². The van der Waals surface area contributed by atoms with Crippen LogP contribution >= 0.6 is 0 Å². The van der Waals surface area contributed by atoms with Gasteiger partial charge in [-0.05, 0) is 12.1 Å². The molecule has 0 atom stereocenters. The SMILES string of the molecule is NNc1ccc([N+](=O)[O-])cc1C(=O)Nc1ccc(=O)[nH]n1. The van der Waals surface area contributed by atoms with Gasteiger partial charge in [0.1, 0.15) is 0 Å². The number of hydrazine groups is 1. The summed E-state index contributed by atoms with van der Waals surface area (Å²) >= 11 is 0. The molecule has 0 radical (unpaired) electrons. The smallest absolute Gasteiger partial charge is 0.270 e. The van der Waals surface area contributed by atoms with E-state index >= 15 is 0 Å². The minimum absolute atomic E-state index is 0.0281. The summed E-state index contributed by atoms with van der Waals surface area (Å²) in [4.78, 5) is 33.1. The Balaban J connectivity index is 2.32. The number of nitro groups is 1. The Morgan fingerprint density at radius 2 is 2.10 bits per heavy atom. The molecule has 0 fully saturated rings. The van der Waals surface area contributed by atoms with Crippen molar-refractivity contribution in [2.75, 3.05) is 10.7 Å². The third kappa shape index (κ3) is 3.19. The highest BCUT2D eigenvalue weighted by Crippen LogP contribution is 2.22.